The van der Waals surface area contributed by atoms with Crippen LogP contribution >= 0.6 is 11.6 Å². The third-order valence-corrected chi connectivity index (χ3v) is 2.24. The van der Waals surface area contributed by atoms with Gasteiger partial charge < -0.3 is 5.11 Å². The van der Waals surface area contributed by atoms with E-state index in [2.05, 4.69) is 10.2 Å². The van der Waals surface area contributed by atoms with Crippen molar-refractivity contribution in [2.24, 2.45) is 0 Å². The Balaban J connectivity index is 2.63. The van der Waals surface area contributed by atoms with Gasteiger partial charge in [-0.25, -0.2) is 0 Å². The number of fused-ring (bicyclic) bond motifs is 1. The first-order chi connectivity index (χ1) is 6.68. The largest absolute Gasteiger partial charge is 0.481 e. The topological polar surface area (TPSA) is 66.0 Å². The van der Waals surface area contributed by atoms with Gasteiger partial charge in [-0.1, -0.05) is 23.7 Å². The highest BCUT2D eigenvalue weighted by atomic mass is 35.5. The molecule has 0 atom stereocenters. The van der Waals surface area contributed by atoms with Crippen LogP contribution in [-0.4, -0.2) is 21.3 Å². The van der Waals surface area contributed by atoms with Gasteiger partial charge in [0.2, 0.25) is 0 Å². The standard InChI is InChI=1S/C9H7ClN2O2/c10-9-8-5(4-7(13)14)2-1-3-6(8)11-12-9/h1-3H,4H2,(H,11,12)(H,13,14). The number of rotatable bonds is 2. The lowest BCUT2D eigenvalue weighted by Gasteiger charge is -1.98. The van der Waals surface area contributed by atoms with Crippen LogP contribution in [0.4, 0.5) is 0 Å². The summed E-state index contributed by atoms with van der Waals surface area (Å²) in [4.78, 5) is 10.6. The second-order valence-corrected chi connectivity index (χ2v) is 3.30. The van der Waals surface area contributed by atoms with E-state index in [1.807, 2.05) is 0 Å². The molecule has 0 spiro atoms. The Morgan fingerprint density at radius 3 is 3.07 bits per heavy atom. The number of nitrogens with one attached hydrogen (secondary N) is 1. The van der Waals surface area contributed by atoms with Gasteiger partial charge in [0.05, 0.1) is 11.9 Å². The summed E-state index contributed by atoms with van der Waals surface area (Å²) in [5.74, 6) is -0.880. The van der Waals surface area contributed by atoms with Gasteiger partial charge in [-0.3, -0.25) is 9.89 Å². The van der Waals surface area contributed by atoms with Crippen LogP contribution < -0.4 is 0 Å². The lowest BCUT2D eigenvalue weighted by Crippen LogP contribution is -2.00. The normalized spacial score (nSPS) is 10.6. The number of aliphatic carboxylic acids is 1. The Labute approximate surface area is 84.5 Å². The van der Waals surface area contributed by atoms with Gasteiger partial charge in [0.1, 0.15) is 5.15 Å². The van der Waals surface area contributed by atoms with Crippen LogP contribution in [0.1, 0.15) is 5.56 Å². The number of halogens is 1. The van der Waals surface area contributed by atoms with Gasteiger partial charge >= 0.3 is 5.97 Å². The maximum atomic E-state index is 10.6. The molecule has 1 aromatic carbocycles. The minimum absolute atomic E-state index is 0.0450. The molecule has 0 bridgehead atoms. The van der Waals surface area contributed by atoms with Crippen molar-refractivity contribution < 1.29 is 9.90 Å². The molecule has 14 heavy (non-hydrogen) atoms. The molecular formula is C9H7ClN2O2. The molecule has 4 nitrogen and oxygen atoms in total. The summed E-state index contributed by atoms with van der Waals surface area (Å²) in [6.07, 6.45) is -0.0450. The average Bonchev–Trinajstić information content (AvgIpc) is 2.48. The van der Waals surface area contributed by atoms with Crippen molar-refractivity contribution in [2.75, 3.05) is 0 Å². The summed E-state index contributed by atoms with van der Waals surface area (Å²) < 4.78 is 0. The zero-order valence-corrected chi connectivity index (χ0v) is 7.88. The van der Waals surface area contributed by atoms with Crippen molar-refractivity contribution in [3.05, 3.63) is 28.9 Å². The third kappa shape index (κ3) is 1.44. The Kier molecular flexibility index (Phi) is 2.13. The quantitative estimate of drug-likeness (QED) is 0.795. The fraction of sp³-hybridized carbons (Fsp3) is 0.111. The molecule has 2 rings (SSSR count). The third-order valence-electron chi connectivity index (χ3n) is 1.96. The van der Waals surface area contributed by atoms with Crippen molar-refractivity contribution in [3.63, 3.8) is 0 Å². The van der Waals surface area contributed by atoms with Crippen LogP contribution in [0.25, 0.3) is 10.9 Å². The molecular weight excluding hydrogens is 204 g/mol. The Bertz CT molecular complexity index is 493. The highest BCUT2D eigenvalue weighted by Gasteiger charge is 2.10. The minimum atomic E-state index is -0.880. The molecule has 5 heteroatoms. The average molecular weight is 211 g/mol. The first-order valence-electron chi connectivity index (χ1n) is 4.02. The molecule has 0 saturated heterocycles. The number of carboxylic acids is 1. The first-order valence-corrected chi connectivity index (χ1v) is 4.39. The Morgan fingerprint density at radius 2 is 2.36 bits per heavy atom. The zero-order valence-electron chi connectivity index (χ0n) is 7.12. The van der Waals surface area contributed by atoms with Crippen molar-refractivity contribution in [1.29, 1.82) is 0 Å². The molecule has 0 saturated carbocycles. The van der Waals surface area contributed by atoms with Gasteiger partial charge in [-0.15, -0.1) is 0 Å². The van der Waals surface area contributed by atoms with Crippen LogP contribution in [-0.2, 0) is 11.2 Å². The van der Waals surface area contributed by atoms with Crippen LogP contribution in [0.2, 0.25) is 5.15 Å². The zero-order chi connectivity index (χ0) is 10.1. The number of nitrogens with zero attached hydrogens (tertiary/aromatic N) is 1. The van der Waals surface area contributed by atoms with Gasteiger partial charge in [-0.05, 0) is 11.6 Å². The lowest BCUT2D eigenvalue weighted by molar-refractivity contribution is -0.136. The van der Waals surface area contributed by atoms with Gasteiger partial charge in [0, 0.05) is 5.39 Å². The van der Waals surface area contributed by atoms with E-state index in [-0.39, 0.29) is 6.42 Å². The predicted molar refractivity (Wildman–Crippen MR) is 52.4 cm³/mol. The summed E-state index contributed by atoms with van der Waals surface area (Å²) in [6, 6.07) is 5.28. The van der Waals surface area contributed by atoms with Gasteiger partial charge in [0.15, 0.2) is 0 Å². The number of aromatic nitrogens is 2. The van der Waals surface area contributed by atoms with Crippen molar-refractivity contribution in [2.45, 2.75) is 6.42 Å². The molecule has 0 aliphatic rings. The Hall–Kier alpha value is -1.55. The van der Waals surface area contributed by atoms with E-state index in [1.165, 1.54) is 0 Å². The van der Waals surface area contributed by atoms with Crippen molar-refractivity contribution in [1.82, 2.24) is 10.2 Å². The van der Waals surface area contributed by atoms with E-state index in [4.69, 9.17) is 16.7 Å². The first kappa shape index (κ1) is 9.02. The summed E-state index contributed by atoms with van der Waals surface area (Å²) >= 11 is 5.85. The minimum Gasteiger partial charge on any atom is -0.481 e. The second kappa shape index (κ2) is 3.31. The summed E-state index contributed by atoms with van der Waals surface area (Å²) in [5.41, 5.74) is 1.36. The molecule has 0 radical (unpaired) electrons. The summed E-state index contributed by atoms with van der Waals surface area (Å²) in [5, 5.41) is 16.3. The van der Waals surface area contributed by atoms with E-state index in [0.29, 0.717) is 21.6 Å². The number of H-pyrrole nitrogens is 1. The SMILES string of the molecule is O=C(O)Cc1cccc2n[nH]c(Cl)c12. The highest BCUT2D eigenvalue weighted by molar-refractivity contribution is 6.34. The van der Waals surface area contributed by atoms with Crippen LogP contribution in [0.5, 0.6) is 0 Å². The van der Waals surface area contributed by atoms with Crippen LogP contribution in [0.3, 0.4) is 0 Å². The van der Waals surface area contributed by atoms with E-state index >= 15 is 0 Å². The highest BCUT2D eigenvalue weighted by Crippen LogP contribution is 2.24. The smallest absolute Gasteiger partial charge is 0.307 e. The number of carboxylic acid groups (broad SMARTS) is 1. The molecule has 0 aliphatic carbocycles. The van der Waals surface area contributed by atoms with Crippen molar-refractivity contribution >= 4 is 28.5 Å². The number of aromatic amines is 1. The fourth-order valence-electron chi connectivity index (χ4n) is 1.41. The molecule has 72 valence electrons. The number of hydrogen-bond donors (Lipinski definition) is 2. The van der Waals surface area contributed by atoms with Gasteiger partial charge in [-0.2, -0.15) is 5.10 Å². The molecule has 1 heterocycles. The van der Waals surface area contributed by atoms with E-state index < -0.39 is 5.97 Å². The second-order valence-electron chi connectivity index (χ2n) is 2.92. The van der Waals surface area contributed by atoms with E-state index in [0.717, 1.165) is 0 Å². The van der Waals surface area contributed by atoms with Crippen LogP contribution in [0.15, 0.2) is 18.2 Å². The summed E-state index contributed by atoms with van der Waals surface area (Å²) in [7, 11) is 0. The molecule has 1 aromatic heterocycles. The Morgan fingerprint density at radius 1 is 1.57 bits per heavy atom. The monoisotopic (exact) mass is 210 g/mol. The fourth-order valence-corrected chi connectivity index (χ4v) is 1.67. The molecule has 0 fully saturated rings. The maximum absolute atomic E-state index is 10.6. The van der Waals surface area contributed by atoms with E-state index in [9.17, 15) is 4.79 Å². The van der Waals surface area contributed by atoms with Crippen LogP contribution in [0, 0.1) is 0 Å². The van der Waals surface area contributed by atoms with Gasteiger partial charge in [0.25, 0.3) is 0 Å². The number of hydrogen-bond acceptors (Lipinski definition) is 2. The molecule has 0 unspecified atom stereocenters. The number of carbonyl (C=O) groups is 1. The summed E-state index contributed by atoms with van der Waals surface area (Å²) in [6.45, 7) is 0. The molecule has 0 aliphatic heterocycles. The number of benzene rings is 1. The predicted octanol–water partition coefficient (Wildman–Crippen LogP) is 1.84. The van der Waals surface area contributed by atoms with Crippen molar-refractivity contribution in [3.8, 4) is 0 Å². The molecule has 2 aromatic rings. The lowest BCUT2D eigenvalue weighted by atomic mass is 10.1. The van der Waals surface area contributed by atoms with E-state index in [1.54, 1.807) is 18.2 Å². The molecule has 0 amide bonds. The maximum Gasteiger partial charge on any atom is 0.307 e. The molecule has 2 N–H and O–H groups in total.